The first-order valence-electron chi connectivity index (χ1n) is 10.2. The number of ether oxygens (including phenoxy) is 1. The van der Waals surface area contributed by atoms with Gasteiger partial charge in [0.15, 0.2) is 0 Å². The maximum absolute atomic E-state index is 12.4. The Bertz CT molecular complexity index is 964. The van der Waals surface area contributed by atoms with Crippen molar-refractivity contribution in [2.45, 2.75) is 50.9 Å². The van der Waals surface area contributed by atoms with E-state index in [4.69, 9.17) is 4.99 Å². The Morgan fingerprint density at radius 2 is 1.70 bits per heavy atom. The maximum Gasteiger partial charge on any atom is 0.573 e. The molecular formula is C23H24F3N3O. The van der Waals surface area contributed by atoms with Crippen molar-refractivity contribution in [3.8, 4) is 28.3 Å². The molecule has 1 fully saturated rings. The molecule has 2 aromatic heterocycles. The highest BCUT2D eigenvalue weighted by atomic mass is 19.4. The lowest BCUT2D eigenvalue weighted by Crippen LogP contribution is -2.16. The minimum absolute atomic E-state index is 0.236. The van der Waals surface area contributed by atoms with E-state index in [1.54, 1.807) is 12.1 Å². The minimum atomic E-state index is -4.70. The predicted molar refractivity (Wildman–Crippen MR) is 112 cm³/mol. The lowest BCUT2D eigenvalue weighted by Gasteiger charge is -2.09. The van der Waals surface area contributed by atoms with Gasteiger partial charge in [0.05, 0.1) is 23.1 Å². The van der Waals surface area contributed by atoms with Crippen LogP contribution in [0.25, 0.3) is 22.5 Å². The molecule has 0 aliphatic heterocycles. The molecule has 1 aliphatic rings. The molecule has 0 saturated heterocycles. The van der Waals surface area contributed by atoms with Crippen molar-refractivity contribution in [2.75, 3.05) is 0 Å². The largest absolute Gasteiger partial charge is 0.573 e. The molecule has 7 heteroatoms. The normalized spacial score (nSPS) is 16.1. The average molecular weight is 415 g/mol. The monoisotopic (exact) mass is 415 g/mol. The van der Waals surface area contributed by atoms with Crippen LogP contribution in [0.5, 0.6) is 5.75 Å². The highest BCUT2D eigenvalue weighted by Gasteiger charge is 2.31. The topological polar surface area (TPSA) is 53.2 Å². The fourth-order valence-corrected chi connectivity index (χ4v) is 3.88. The number of benzene rings is 1. The third-order valence-electron chi connectivity index (χ3n) is 5.37. The smallest absolute Gasteiger partial charge is 0.406 e. The average Bonchev–Trinajstić information content (AvgIpc) is 3.31. The van der Waals surface area contributed by atoms with E-state index in [9.17, 15) is 13.2 Å². The van der Waals surface area contributed by atoms with Crippen LogP contribution in [0.1, 0.15) is 44.2 Å². The molecule has 1 aromatic carbocycles. The first-order chi connectivity index (χ1) is 14.5. The summed E-state index contributed by atoms with van der Waals surface area (Å²) in [4.78, 5) is 11.4. The number of alkyl halides is 3. The van der Waals surface area contributed by atoms with E-state index in [1.807, 2.05) is 30.6 Å². The third-order valence-corrected chi connectivity index (χ3v) is 5.37. The maximum atomic E-state index is 12.4. The summed E-state index contributed by atoms with van der Waals surface area (Å²) in [7, 11) is 0. The Morgan fingerprint density at radius 1 is 0.967 bits per heavy atom. The van der Waals surface area contributed by atoms with Gasteiger partial charge < -0.3 is 14.7 Å². The molecule has 0 atom stereocenters. The number of aliphatic imine (C=N–C) groups is 1. The van der Waals surface area contributed by atoms with Gasteiger partial charge in [0, 0.05) is 18.0 Å². The van der Waals surface area contributed by atoms with E-state index >= 15 is 0 Å². The van der Waals surface area contributed by atoms with Gasteiger partial charge in [-0.05, 0) is 48.7 Å². The molecule has 2 heterocycles. The van der Waals surface area contributed by atoms with Crippen molar-refractivity contribution in [2.24, 2.45) is 4.99 Å². The van der Waals surface area contributed by atoms with E-state index in [0.717, 1.165) is 41.1 Å². The summed E-state index contributed by atoms with van der Waals surface area (Å²) in [6.45, 7) is 0. The van der Waals surface area contributed by atoms with Gasteiger partial charge in [-0.1, -0.05) is 37.8 Å². The number of halogens is 3. The molecule has 158 valence electrons. The van der Waals surface area contributed by atoms with Gasteiger partial charge in [-0.2, -0.15) is 0 Å². The molecule has 3 aromatic rings. The number of nitrogens with one attached hydrogen (secondary N) is 2. The van der Waals surface area contributed by atoms with Crippen molar-refractivity contribution < 1.29 is 17.9 Å². The van der Waals surface area contributed by atoms with Crippen LogP contribution in [0.2, 0.25) is 0 Å². The van der Waals surface area contributed by atoms with E-state index in [1.165, 1.54) is 37.8 Å². The van der Waals surface area contributed by atoms with Gasteiger partial charge in [-0.15, -0.1) is 13.2 Å². The summed E-state index contributed by atoms with van der Waals surface area (Å²) < 4.78 is 41.3. The zero-order valence-corrected chi connectivity index (χ0v) is 16.5. The second-order valence-corrected chi connectivity index (χ2v) is 7.59. The first-order valence-corrected chi connectivity index (χ1v) is 10.2. The summed E-state index contributed by atoms with van der Waals surface area (Å²) in [5, 5.41) is 0. The van der Waals surface area contributed by atoms with E-state index in [-0.39, 0.29) is 5.75 Å². The molecule has 1 aliphatic carbocycles. The highest BCUT2D eigenvalue weighted by molar-refractivity contribution is 5.91. The highest BCUT2D eigenvalue weighted by Crippen LogP contribution is 2.31. The number of hydrogen-bond donors (Lipinski definition) is 2. The summed E-state index contributed by atoms with van der Waals surface area (Å²) in [6, 6.07) is 12.1. The minimum Gasteiger partial charge on any atom is -0.406 e. The summed E-state index contributed by atoms with van der Waals surface area (Å²) >= 11 is 0. The zero-order valence-electron chi connectivity index (χ0n) is 16.5. The van der Waals surface area contributed by atoms with Gasteiger partial charge in [-0.25, -0.2) is 0 Å². The van der Waals surface area contributed by atoms with Gasteiger partial charge in [0.2, 0.25) is 0 Å². The lowest BCUT2D eigenvalue weighted by atomic mass is 10.1. The summed E-state index contributed by atoms with van der Waals surface area (Å²) in [6.07, 6.45) is 6.15. The van der Waals surface area contributed by atoms with Crippen LogP contribution in [0.15, 0.2) is 53.7 Å². The van der Waals surface area contributed by atoms with Crippen molar-refractivity contribution in [1.29, 1.82) is 0 Å². The Kier molecular flexibility index (Phi) is 5.97. The van der Waals surface area contributed by atoms with Crippen molar-refractivity contribution in [3.63, 3.8) is 0 Å². The molecule has 0 bridgehead atoms. The van der Waals surface area contributed by atoms with Gasteiger partial charge >= 0.3 is 6.36 Å². The number of hydrogen-bond acceptors (Lipinski definition) is 2. The van der Waals surface area contributed by atoms with E-state index in [0.29, 0.717) is 6.04 Å². The van der Waals surface area contributed by atoms with Crippen LogP contribution in [0, 0.1) is 0 Å². The predicted octanol–water partition coefficient (Wildman–Crippen LogP) is 6.72. The molecule has 1 saturated carbocycles. The van der Waals surface area contributed by atoms with Gasteiger partial charge in [0.25, 0.3) is 0 Å². The van der Waals surface area contributed by atoms with Crippen LogP contribution in [0.3, 0.4) is 0 Å². The molecule has 4 rings (SSSR count). The van der Waals surface area contributed by atoms with E-state index in [2.05, 4.69) is 14.7 Å². The van der Waals surface area contributed by atoms with Crippen LogP contribution in [-0.2, 0) is 0 Å². The standard InChI is InChI=1S/C23H24F3N3O/c24-23(25,26)30-18-11-9-16(10-12-18)19-14-21(20-8-5-13-27-20)29-22(19)15-28-17-6-3-1-2-4-7-17/h5,8-15,17,27,29H,1-4,6-7H2. The number of H-pyrrole nitrogens is 2. The second kappa shape index (κ2) is 8.81. The molecular weight excluding hydrogens is 391 g/mol. The molecule has 2 N–H and O–H groups in total. The van der Waals surface area contributed by atoms with Crippen LogP contribution in [0.4, 0.5) is 13.2 Å². The fraction of sp³-hybridized carbons (Fsp3) is 0.348. The number of nitrogens with zero attached hydrogens (tertiary/aromatic N) is 1. The SMILES string of the molecule is FC(F)(F)Oc1ccc(-c2cc(-c3ccc[nH]3)[nH]c2C=NC2CCCCCC2)cc1. The van der Waals surface area contributed by atoms with Crippen LogP contribution in [-0.4, -0.2) is 28.6 Å². The van der Waals surface area contributed by atoms with Crippen LogP contribution >= 0.6 is 0 Å². The molecule has 0 amide bonds. The quantitative estimate of drug-likeness (QED) is 0.353. The Balaban J connectivity index is 1.63. The second-order valence-electron chi connectivity index (χ2n) is 7.59. The van der Waals surface area contributed by atoms with Crippen molar-refractivity contribution in [3.05, 3.63) is 54.4 Å². The zero-order chi connectivity index (χ0) is 21.0. The fourth-order valence-electron chi connectivity index (χ4n) is 3.88. The van der Waals surface area contributed by atoms with E-state index < -0.39 is 6.36 Å². The Morgan fingerprint density at radius 3 is 2.33 bits per heavy atom. The number of aromatic amines is 2. The molecule has 4 nitrogen and oxygen atoms in total. The van der Waals surface area contributed by atoms with Crippen molar-refractivity contribution >= 4 is 6.21 Å². The molecule has 0 spiro atoms. The summed E-state index contributed by atoms with van der Waals surface area (Å²) in [5.74, 6) is -0.236. The summed E-state index contributed by atoms with van der Waals surface area (Å²) in [5.41, 5.74) is 4.35. The molecule has 0 unspecified atom stereocenters. The van der Waals surface area contributed by atoms with Gasteiger partial charge in [-0.3, -0.25) is 4.99 Å². The van der Waals surface area contributed by atoms with Crippen LogP contribution < -0.4 is 4.74 Å². The lowest BCUT2D eigenvalue weighted by molar-refractivity contribution is -0.274. The molecule has 30 heavy (non-hydrogen) atoms. The Labute approximate surface area is 173 Å². The number of aromatic nitrogens is 2. The molecule has 0 radical (unpaired) electrons. The number of rotatable bonds is 5. The van der Waals surface area contributed by atoms with Gasteiger partial charge in [0.1, 0.15) is 5.75 Å². The Hall–Kier alpha value is -2.96. The third kappa shape index (κ3) is 5.14. The first kappa shape index (κ1) is 20.3. The van der Waals surface area contributed by atoms with Crippen molar-refractivity contribution in [1.82, 2.24) is 9.97 Å².